The second-order valence-electron chi connectivity index (χ2n) is 5.75. The van der Waals surface area contributed by atoms with Crippen molar-refractivity contribution in [3.05, 3.63) is 35.4 Å². The summed E-state index contributed by atoms with van der Waals surface area (Å²) in [6.45, 7) is 0.217. The number of ether oxygens (including phenoxy) is 1. The lowest BCUT2D eigenvalue weighted by Gasteiger charge is -2.34. The zero-order valence-corrected chi connectivity index (χ0v) is 13.2. The van der Waals surface area contributed by atoms with Crippen molar-refractivity contribution in [1.82, 2.24) is 4.90 Å². The van der Waals surface area contributed by atoms with Crippen LogP contribution in [0.5, 0.6) is 0 Å². The lowest BCUT2D eigenvalue weighted by molar-refractivity contribution is -0.140. The van der Waals surface area contributed by atoms with E-state index in [-0.39, 0.29) is 30.5 Å². The molecular formula is C17H21F2NO3. The topological polar surface area (TPSA) is 46.6 Å². The van der Waals surface area contributed by atoms with Crippen LogP contribution in [0.1, 0.15) is 48.9 Å². The van der Waals surface area contributed by atoms with Crippen LogP contribution in [-0.2, 0) is 9.53 Å². The number of rotatable bonds is 5. The third kappa shape index (κ3) is 4.50. The fourth-order valence-corrected chi connectivity index (χ4v) is 2.95. The lowest BCUT2D eigenvalue weighted by atomic mass is 9.93. The Balaban J connectivity index is 2.18. The van der Waals surface area contributed by atoms with E-state index in [0.717, 1.165) is 44.2 Å². The van der Waals surface area contributed by atoms with E-state index >= 15 is 0 Å². The van der Waals surface area contributed by atoms with Crippen LogP contribution >= 0.6 is 0 Å². The van der Waals surface area contributed by atoms with E-state index in [2.05, 4.69) is 4.74 Å². The molecule has 1 aliphatic rings. The van der Waals surface area contributed by atoms with Gasteiger partial charge in [-0.25, -0.2) is 8.78 Å². The van der Waals surface area contributed by atoms with Gasteiger partial charge in [0, 0.05) is 18.2 Å². The number of methoxy groups -OCH3 is 1. The molecule has 1 aromatic carbocycles. The van der Waals surface area contributed by atoms with Gasteiger partial charge in [0.25, 0.3) is 5.91 Å². The van der Waals surface area contributed by atoms with Crippen LogP contribution < -0.4 is 0 Å². The Morgan fingerprint density at radius 1 is 1.17 bits per heavy atom. The molecule has 23 heavy (non-hydrogen) atoms. The number of halogens is 2. The standard InChI is InChI=1S/C17H21F2NO3/c1-23-16(21)9-10-20(13-5-3-2-4-6-13)17(22)12-7-8-14(18)15(19)11-12/h7-8,11,13H,2-6,9-10H2,1H3. The Hall–Kier alpha value is -1.98. The molecule has 6 heteroatoms. The molecule has 4 nitrogen and oxygen atoms in total. The van der Waals surface area contributed by atoms with Crippen molar-refractivity contribution in [2.45, 2.75) is 44.6 Å². The summed E-state index contributed by atoms with van der Waals surface area (Å²) in [6, 6.07) is 3.15. The zero-order chi connectivity index (χ0) is 16.8. The Labute approximate surface area is 134 Å². The second kappa shape index (κ2) is 8.04. The molecule has 1 aromatic rings. The first-order chi connectivity index (χ1) is 11.0. The van der Waals surface area contributed by atoms with Crippen molar-refractivity contribution in [2.75, 3.05) is 13.7 Å². The summed E-state index contributed by atoms with van der Waals surface area (Å²) in [6.07, 6.45) is 4.96. The van der Waals surface area contributed by atoms with Crippen molar-refractivity contribution in [3.8, 4) is 0 Å². The molecule has 0 spiro atoms. The summed E-state index contributed by atoms with van der Waals surface area (Å²) in [7, 11) is 1.30. The minimum Gasteiger partial charge on any atom is -0.469 e. The second-order valence-corrected chi connectivity index (χ2v) is 5.75. The van der Waals surface area contributed by atoms with Gasteiger partial charge in [0.2, 0.25) is 0 Å². The van der Waals surface area contributed by atoms with Crippen LogP contribution in [0.3, 0.4) is 0 Å². The zero-order valence-electron chi connectivity index (χ0n) is 13.2. The van der Waals surface area contributed by atoms with Crippen LogP contribution in [0.15, 0.2) is 18.2 Å². The summed E-state index contributed by atoms with van der Waals surface area (Å²) in [5.74, 6) is -2.81. The highest BCUT2D eigenvalue weighted by atomic mass is 19.2. The molecule has 2 rings (SSSR count). The predicted molar refractivity (Wildman–Crippen MR) is 80.9 cm³/mol. The number of esters is 1. The first-order valence-corrected chi connectivity index (χ1v) is 7.85. The molecule has 1 aliphatic carbocycles. The quantitative estimate of drug-likeness (QED) is 0.780. The highest BCUT2D eigenvalue weighted by Crippen LogP contribution is 2.24. The van der Waals surface area contributed by atoms with E-state index in [0.29, 0.717) is 0 Å². The summed E-state index contributed by atoms with van der Waals surface area (Å²) in [4.78, 5) is 25.7. The molecule has 0 N–H and O–H groups in total. The number of nitrogens with zero attached hydrogens (tertiary/aromatic N) is 1. The number of hydrogen-bond donors (Lipinski definition) is 0. The third-order valence-electron chi connectivity index (χ3n) is 4.23. The van der Waals surface area contributed by atoms with Gasteiger partial charge in [-0.2, -0.15) is 0 Å². The highest BCUT2D eigenvalue weighted by molar-refractivity contribution is 5.94. The monoisotopic (exact) mass is 325 g/mol. The maximum Gasteiger partial charge on any atom is 0.307 e. The van der Waals surface area contributed by atoms with Gasteiger partial charge in [-0.3, -0.25) is 9.59 Å². The van der Waals surface area contributed by atoms with Crippen molar-refractivity contribution < 1.29 is 23.1 Å². The summed E-state index contributed by atoms with van der Waals surface area (Å²) >= 11 is 0. The summed E-state index contributed by atoms with van der Waals surface area (Å²) in [5, 5.41) is 0. The molecule has 0 radical (unpaired) electrons. The number of benzene rings is 1. The van der Waals surface area contributed by atoms with E-state index in [1.807, 2.05) is 0 Å². The molecule has 1 fully saturated rings. The average molecular weight is 325 g/mol. The van der Waals surface area contributed by atoms with Gasteiger partial charge in [-0.15, -0.1) is 0 Å². The number of amides is 1. The van der Waals surface area contributed by atoms with Gasteiger partial charge in [0.1, 0.15) is 0 Å². The van der Waals surface area contributed by atoms with Gasteiger partial charge in [-0.1, -0.05) is 19.3 Å². The Kier molecular flexibility index (Phi) is 6.07. The molecule has 126 valence electrons. The molecule has 0 heterocycles. The molecule has 0 aliphatic heterocycles. The van der Waals surface area contributed by atoms with Crippen LogP contribution in [0.2, 0.25) is 0 Å². The Bertz CT molecular complexity index is 571. The van der Waals surface area contributed by atoms with Gasteiger partial charge >= 0.3 is 5.97 Å². The molecular weight excluding hydrogens is 304 g/mol. The normalized spacial score (nSPS) is 15.3. The molecule has 0 saturated heterocycles. The Morgan fingerprint density at radius 2 is 1.87 bits per heavy atom. The molecule has 0 aromatic heterocycles. The minimum atomic E-state index is -1.05. The van der Waals surface area contributed by atoms with Crippen molar-refractivity contribution >= 4 is 11.9 Å². The smallest absolute Gasteiger partial charge is 0.307 e. The van der Waals surface area contributed by atoms with E-state index < -0.39 is 17.6 Å². The summed E-state index contributed by atoms with van der Waals surface area (Å²) < 4.78 is 31.1. The lowest BCUT2D eigenvalue weighted by Crippen LogP contribution is -2.42. The van der Waals surface area contributed by atoms with Crippen LogP contribution in [-0.4, -0.2) is 36.5 Å². The van der Waals surface area contributed by atoms with Gasteiger partial charge in [0.15, 0.2) is 11.6 Å². The SMILES string of the molecule is COC(=O)CCN(C(=O)c1ccc(F)c(F)c1)C1CCCCC1. The van der Waals surface area contributed by atoms with Crippen molar-refractivity contribution in [1.29, 1.82) is 0 Å². The number of hydrogen-bond acceptors (Lipinski definition) is 3. The molecule has 0 atom stereocenters. The van der Waals surface area contributed by atoms with Gasteiger partial charge < -0.3 is 9.64 Å². The molecule has 1 saturated carbocycles. The van der Waals surface area contributed by atoms with E-state index in [4.69, 9.17) is 0 Å². The van der Waals surface area contributed by atoms with E-state index in [9.17, 15) is 18.4 Å². The number of carbonyl (C=O) groups excluding carboxylic acids is 2. The predicted octanol–water partition coefficient (Wildman–Crippen LogP) is 3.30. The number of carbonyl (C=O) groups is 2. The third-order valence-corrected chi connectivity index (χ3v) is 4.23. The first kappa shape index (κ1) is 17.4. The van der Waals surface area contributed by atoms with Crippen molar-refractivity contribution in [3.63, 3.8) is 0 Å². The highest BCUT2D eigenvalue weighted by Gasteiger charge is 2.27. The fraction of sp³-hybridized carbons (Fsp3) is 0.529. The van der Waals surface area contributed by atoms with Gasteiger partial charge in [0.05, 0.1) is 13.5 Å². The fourth-order valence-electron chi connectivity index (χ4n) is 2.95. The van der Waals surface area contributed by atoms with E-state index in [1.54, 1.807) is 4.90 Å². The first-order valence-electron chi connectivity index (χ1n) is 7.85. The van der Waals surface area contributed by atoms with Crippen LogP contribution in [0.25, 0.3) is 0 Å². The average Bonchev–Trinajstić information content (AvgIpc) is 2.58. The van der Waals surface area contributed by atoms with E-state index in [1.165, 1.54) is 13.2 Å². The van der Waals surface area contributed by atoms with Crippen LogP contribution in [0, 0.1) is 11.6 Å². The minimum absolute atomic E-state index is 0.0222. The Morgan fingerprint density at radius 3 is 2.48 bits per heavy atom. The van der Waals surface area contributed by atoms with Gasteiger partial charge in [-0.05, 0) is 31.0 Å². The molecule has 0 unspecified atom stereocenters. The molecule has 1 amide bonds. The maximum absolute atomic E-state index is 13.4. The maximum atomic E-state index is 13.4. The van der Waals surface area contributed by atoms with Crippen LogP contribution in [0.4, 0.5) is 8.78 Å². The largest absolute Gasteiger partial charge is 0.469 e. The van der Waals surface area contributed by atoms with Crippen molar-refractivity contribution in [2.24, 2.45) is 0 Å². The molecule has 0 bridgehead atoms. The summed E-state index contributed by atoms with van der Waals surface area (Å²) in [5.41, 5.74) is 0.0966.